The fourth-order valence-corrected chi connectivity index (χ4v) is 2.91. The summed E-state index contributed by atoms with van der Waals surface area (Å²) in [6.07, 6.45) is 1.53. The van der Waals surface area contributed by atoms with Crippen LogP contribution in [-0.2, 0) is 16.1 Å². The van der Waals surface area contributed by atoms with Crippen LogP contribution in [0.5, 0.6) is 5.75 Å². The van der Waals surface area contributed by atoms with Crippen LogP contribution in [0.1, 0.15) is 16.7 Å². The summed E-state index contributed by atoms with van der Waals surface area (Å²) in [5.41, 5.74) is 1.77. The number of nitrogens with zero attached hydrogens (tertiary/aromatic N) is 2. The molecule has 0 saturated carbocycles. The molecule has 0 N–H and O–H groups in total. The number of halogens is 1. The van der Waals surface area contributed by atoms with Crippen LogP contribution in [0.4, 0.5) is 10.1 Å². The molecule has 154 valence electrons. The van der Waals surface area contributed by atoms with Gasteiger partial charge in [0.25, 0.3) is 5.69 Å². The van der Waals surface area contributed by atoms with Crippen molar-refractivity contribution in [2.75, 3.05) is 0 Å². The second-order valence-electron chi connectivity index (χ2n) is 6.60. The molecule has 0 aromatic heterocycles. The molecule has 7 nitrogen and oxygen atoms in total. The summed E-state index contributed by atoms with van der Waals surface area (Å²) in [5, 5.41) is 10.8. The number of cyclic esters (lactones) is 1. The SMILES string of the molecule is O=C1OC(c2cccc(F)c2)=N/C1=C\c1ccccc1OCc1ccc([N+](=O)[O-])cc1. The lowest BCUT2D eigenvalue weighted by molar-refractivity contribution is -0.384. The van der Waals surface area contributed by atoms with E-state index < -0.39 is 16.7 Å². The van der Waals surface area contributed by atoms with Crippen molar-refractivity contribution in [1.29, 1.82) is 0 Å². The van der Waals surface area contributed by atoms with Gasteiger partial charge in [-0.25, -0.2) is 14.2 Å². The Labute approximate surface area is 176 Å². The maximum atomic E-state index is 13.4. The predicted molar refractivity (Wildman–Crippen MR) is 111 cm³/mol. The fourth-order valence-electron chi connectivity index (χ4n) is 2.91. The molecule has 4 rings (SSSR count). The average Bonchev–Trinajstić information content (AvgIpc) is 3.14. The molecule has 0 unspecified atom stereocenters. The quantitative estimate of drug-likeness (QED) is 0.251. The first kappa shape index (κ1) is 20.0. The topological polar surface area (TPSA) is 91.0 Å². The second kappa shape index (κ2) is 8.58. The molecule has 1 aliphatic rings. The van der Waals surface area contributed by atoms with Gasteiger partial charge in [0.05, 0.1) is 4.92 Å². The number of nitro groups is 1. The van der Waals surface area contributed by atoms with Crippen molar-refractivity contribution >= 4 is 23.6 Å². The highest BCUT2D eigenvalue weighted by Crippen LogP contribution is 2.26. The molecule has 1 aliphatic heterocycles. The third kappa shape index (κ3) is 4.64. The summed E-state index contributed by atoms with van der Waals surface area (Å²) >= 11 is 0. The summed E-state index contributed by atoms with van der Waals surface area (Å²) in [6, 6.07) is 18.7. The van der Waals surface area contributed by atoms with Crippen molar-refractivity contribution in [2.24, 2.45) is 4.99 Å². The molecule has 0 spiro atoms. The van der Waals surface area contributed by atoms with E-state index in [1.54, 1.807) is 42.5 Å². The zero-order chi connectivity index (χ0) is 21.8. The van der Waals surface area contributed by atoms with E-state index in [0.29, 0.717) is 16.9 Å². The third-order valence-electron chi connectivity index (χ3n) is 4.44. The molecule has 8 heteroatoms. The van der Waals surface area contributed by atoms with E-state index in [4.69, 9.17) is 9.47 Å². The maximum absolute atomic E-state index is 13.4. The smallest absolute Gasteiger partial charge is 0.363 e. The first-order valence-electron chi connectivity index (χ1n) is 9.23. The molecule has 0 bridgehead atoms. The van der Waals surface area contributed by atoms with E-state index in [0.717, 1.165) is 5.56 Å². The van der Waals surface area contributed by atoms with Crippen molar-refractivity contribution in [1.82, 2.24) is 0 Å². The Morgan fingerprint density at radius 2 is 1.84 bits per heavy atom. The van der Waals surface area contributed by atoms with E-state index >= 15 is 0 Å². The zero-order valence-electron chi connectivity index (χ0n) is 16.0. The van der Waals surface area contributed by atoms with Gasteiger partial charge in [0, 0.05) is 23.3 Å². The molecule has 0 saturated heterocycles. The van der Waals surface area contributed by atoms with Gasteiger partial charge in [0.2, 0.25) is 5.90 Å². The normalized spacial score (nSPS) is 14.3. The number of nitro benzene ring substituents is 1. The molecular formula is C23H15FN2O5. The lowest BCUT2D eigenvalue weighted by atomic mass is 10.1. The molecule has 3 aromatic rings. The van der Waals surface area contributed by atoms with Crippen LogP contribution < -0.4 is 4.74 Å². The third-order valence-corrected chi connectivity index (χ3v) is 4.44. The van der Waals surface area contributed by atoms with Crippen LogP contribution in [0, 0.1) is 15.9 Å². The van der Waals surface area contributed by atoms with Gasteiger partial charge < -0.3 is 9.47 Å². The Bertz CT molecular complexity index is 1220. The van der Waals surface area contributed by atoms with Crippen molar-refractivity contribution in [2.45, 2.75) is 6.61 Å². The van der Waals surface area contributed by atoms with Crippen LogP contribution in [-0.4, -0.2) is 16.8 Å². The Balaban J connectivity index is 1.54. The van der Waals surface area contributed by atoms with Gasteiger partial charge in [-0.05, 0) is 48.0 Å². The van der Waals surface area contributed by atoms with Gasteiger partial charge in [-0.2, -0.15) is 0 Å². The zero-order valence-corrected chi connectivity index (χ0v) is 16.0. The number of aliphatic imine (C=N–C) groups is 1. The van der Waals surface area contributed by atoms with Crippen molar-refractivity contribution in [3.8, 4) is 5.75 Å². The number of carbonyl (C=O) groups is 1. The van der Waals surface area contributed by atoms with Crippen molar-refractivity contribution in [3.63, 3.8) is 0 Å². The van der Waals surface area contributed by atoms with Crippen molar-refractivity contribution in [3.05, 3.63) is 111 Å². The highest BCUT2D eigenvalue weighted by molar-refractivity contribution is 6.12. The summed E-state index contributed by atoms with van der Waals surface area (Å²) < 4.78 is 24.4. The van der Waals surface area contributed by atoms with E-state index in [1.165, 1.54) is 36.4 Å². The summed E-state index contributed by atoms with van der Waals surface area (Å²) in [6.45, 7) is 0.181. The fraction of sp³-hybridized carbons (Fsp3) is 0.0435. The Morgan fingerprint density at radius 1 is 1.06 bits per heavy atom. The number of non-ortho nitro benzene ring substituents is 1. The monoisotopic (exact) mass is 418 g/mol. The second-order valence-corrected chi connectivity index (χ2v) is 6.60. The standard InChI is InChI=1S/C23H15FN2O5/c24-18-6-3-5-17(12-18)22-25-20(23(27)31-22)13-16-4-1-2-7-21(16)30-14-15-8-10-19(11-9-15)26(28)29/h1-13H,14H2/b20-13-. The average molecular weight is 418 g/mol. The number of hydrogen-bond donors (Lipinski definition) is 0. The Morgan fingerprint density at radius 3 is 2.58 bits per heavy atom. The van der Waals surface area contributed by atoms with Crippen LogP contribution >= 0.6 is 0 Å². The van der Waals surface area contributed by atoms with Gasteiger partial charge in [-0.15, -0.1) is 0 Å². The van der Waals surface area contributed by atoms with E-state index in [2.05, 4.69) is 4.99 Å². The first-order valence-corrected chi connectivity index (χ1v) is 9.23. The number of para-hydroxylation sites is 1. The lowest BCUT2D eigenvalue weighted by Crippen LogP contribution is -2.05. The predicted octanol–water partition coefficient (Wildman–Crippen LogP) is 4.66. The van der Waals surface area contributed by atoms with E-state index in [9.17, 15) is 19.3 Å². The summed E-state index contributed by atoms with van der Waals surface area (Å²) in [5.74, 6) is -0.585. The summed E-state index contributed by atoms with van der Waals surface area (Å²) in [7, 11) is 0. The molecule has 0 amide bonds. The van der Waals surface area contributed by atoms with Crippen LogP contribution in [0.15, 0.2) is 83.5 Å². The number of hydrogen-bond acceptors (Lipinski definition) is 6. The number of benzene rings is 3. The highest BCUT2D eigenvalue weighted by Gasteiger charge is 2.24. The van der Waals surface area contributed by atoms with Gasteiger partial charge >= 0.3 is 5.97 Å². The minimum atomic E-state index is -0.649. The van der Waals surface area contributed by atoms with E-state index in [-0.39, 0.29) is 23.9 Å². The minimum Gasteiger partial charge on any atom is -0.488 e. The Kier molecular flexibility index (Phi) is 5.53. The largest absolute Gasteiger partial charge is 0.488 e. The van der Waals surface area contributed by atoms with Crippen LogP contribution in [0.2, 0.25) is 0 Å². The van der Waals surface area contributed by atoms with Crippen LogP contribution in [0.25, 0.3) is 6.08 Å². The van der Waals surface area contributed by atoms with E-state index in [1.807, 2.05) is 0 Å². The number of carbonyl (C=O) groups excluding carboxylic acids is 1. The molecule has 0 fully saturated rings. The first-order chi connectivity index (χ1) is 15.0. The van der Waals surface area contributed by atoms with Gasteiger partial charge in [-0.1, -0.05) is 24.3 Å². The van der Waals surface area contributed by atoms with Gasteiger partial charge in [0.1, 0.15) is 18.2 Å². The van der Waals surface area contributed by atoms with Crippen LogP contribution in [0.3, 0.4) is 0 Å². The number of rotatable bonds is 6. The van der Waals surface area contributed by atoms with Gasteiger partial charge in [-0.3, -0.25) is 10.1 Å². The molecule has 0 radical (unpaired) electrons. The molecular weight excluding hydrogens is 403 g/mol. The Hall–Kier alpha value is -4.33. The molecule has 31 heavy (non-hydrogen) atoms. The maximum Gasteiger partial charge on any atom is 0.363 e. The molecule has 1 heterocycles. The van der Waals surface area contributed by atoms with Gasteiger partial charge in [0.15, 0.2) is 5.70 Å². The van der Waals surface area contributed by atoms with Crippen molar-refractivity contribution < 1.29 is 23.6 Å². The number of ether oxygens (including phenoxy) is 2. The molecule has 0 aliphatic carbocycles. The minimum absolute atomic E-state index is 0.000548. The number of esters is 1. The molecule has 3 aromatic carbocycles. The lowest BCUT2D eigenvalue weighted by Gasteiger charge is -2.09. The highest BCUT2D eigenvalue weighted by atomic mass is 19.1. The molecule has 0 atom stereocenters. The summed E-state index contributed by atoms with van der Waals surface area (Å²) in [4.78, 5) is 26.7.